The van der Waals surface area contributed by atoms with Crippen LogP contribution in [0.4, 0.5) is 14.9 Å². The summed E-state index contributed by atoms with van der Waals surface area (Å²) in [5.74, 6) is -0.206. The molecule has 6 heteroatoms. The highest BCUT2D eigenvalue weighted by molar-refractivity contribution is 5.85. The zero-order valence-electron chi connectivity index (χ0n) is 14.0. The molecule has 0 bridgehead atoms. The molecule has 0 aromatic heterocycles. The van der Waals surface area contributed by atoms with Crippen LogP contribution in [0.2, 0.25) is 0 Å². The SMILES string of the molecule is CCCC[N+]1(c2ccc(F)cc2)CCN(C(=O)OCC)CC1.Cl. The molecular weight excluding hydrogens is 319 g/mol. The summed E-state index contributed by atoms with van der Waals surface area (Å²) < 4.78 is 19.1. The molecule has 130 valence electrons. The van der Waals surface area contributed by atoms with Crippen molar-refractivity contribution in [2.45, 2.75) is 26.7 Å². The molecule has 1 fully saturated rings. The smallest absolute Gasteiger partial charge is 0.410 e. The molecule has 1 aliphatic rings. The van der Waals surface area contributed by atoms with Gasteiger partial charge in [-0.15, -0.1) is 12.4 Å². The van der Waals surface area contributed by atoms with E-state index in [1.165, 1.54) is 12.1 Å². The number of benzene rings is 1. The van der Waals surface area contributed by atoms with Crippen molar-refractivity contribution in [3.63, 3.8) is 0 Å². The van der Waals surface area contributed by atoms with Gasteiger partial charge in [0.2, 0.25) is 0 Å². The normalized spacial score (nSPS) is 16.6. The van der Waals surface area contributed by atoms with Crippen molar-refractivity contribution in [3.8, 4) is 0 Å². The Kier molecular flexibility index (Phi) is 7.79. The quantitative estimate of drug-likeness (QED) is 0.759. The van der Waals surface area contributed by atoms with E-state index in [4.69, 9.17) is 4.74 Å². The van der Waals surface area contributed by atoms with Crippen molar-refractivity contribution in [1.82, 2.24) is 9.38 Å². The summed E-state index contributed by atoms with van der Waals surface area (Å²) in [7, 11) is 0. The van der Waals surface area contributed by atoms with Crippen LogP contribution in [-0.2, 0) is 4.74 Å². The molecule has 0 saturated carbocycles. The minimum atomic E-state index is -0.227. The Bertz CT molecular complexity index is 488. The highest BCUT2D eigenvalue weighted by Crippen LogP contribution is 2.27. The van der Waals surface area contributed by atoms with Crippen LogP contribution in [0.15, 0.2) is 24.3 Å². The van der Waals surface area contributed by atoms with Gasteiger partial charge in [0.15, 0.2) is 0 Å². The van der Waals surface area contributed by atoms with Crippen molar-refractivity contribution in [2.75, 3.05) is 39.3 Å². The molecular formula is C17H27ClFN2O2+. The van der Waals surface area contributed by atoms with Gasteiger partial charge in [-0.25, -0.2) is 9.18 Å². The van der Waals surface area contributed by atoms with E-state index < -0.39 is 0 Å². The van der Waals surface area contributed by atoms with Gasteiger partial charge in [0.1, 0.15) is 24.6 Å². The maximum absolute atomic E-state index is 13.2. The third-order valence-corrected chi connectivity index (χ3v) is 4.44. The fraction of sp³-hybridized carbons (Fsp3) is 0.588. The van der Waals surface area contributed by atoms with Crippen LogP contribution in [-0.4, -0.2) is 50.3 Å². The number of rotatable bonds is 5. The van der Waals surface area contributed by atoms with Crippen molar-refractivity contribution in [1.29, 1.82) is 0 Å². The number of ether oxygens (including phenoxy) is 1. The van der Waals surface area contributed by atoms with Crippen LogP contribution >= 0.6 is 12.4 Å². The molecule has 23 heavy (non-hydrogen) atoms. The summed E-state index contributed by atoms with van der Waals surface area (Å²) in [6.07, 6.45) is 2.02. The first-order valence-corrected chi connectivity index (χ1v) is 8.15. The molecule has 0 N–H and O–H groups in total. The first-order chi connectivity index (χ1) is 10.6. The molecule has 0 aliphatic carbocycles. The van der Waals surface area contributed by atoms with Gasteiger partial charge in [0.25, 0.3) is 0 Å². The Balaban J connectivity index is 0.00000264. The number of unbranched alkanes of at least 4 members (excludes halogenated alkanes) is 1. The van der Waals surface area contributed by atoms with Gasteiger partial charge in [-0.3, -0.25) is 9.38 Å². The van der Waals surface area contributed by atoms with Gasteiger partial charge >= 0.3 is 6.09 Å². The highest BCUT2D eigenvalue weighted by Gasteiger charge is 2.36. The maximum atomic E-state index is 13.2. The Morgan fingerprint density at radius 2 is 1.83 bits per heavy atom. The molecule has 0 atom stereocenters. The number of nitrogens with zero attached hydrogens (tertiary/aromatic N) is 2. The summed E-state index contributed by atoms with van der Waals surface area (Å²) in [4.78, 5) is 13.6. The molecule has 1 aromatic rings. The molecule has 1 aromatic carbocycles. The summed E-state index contributed by atoms with van der Waals surface area (Å²) in [5, 5.41) is 0. The van der Waals surface area contributed by atoms with Crippen LogP contribution in [0.1, 0.15) is 26.7 Å². The average Bonchev–Trinajstić information content (AvgIpc) is 2.54. The van der Waals surface area contributed by atoms with Gasteiger partial charge in [-0.2, -0.15) is 0 Å². The molecule has 1 aliphatic heterocycles. The van der Waals surface area contributed by atoms with Crippen LogP contribution in [0.5, 0.6) is 0 Å². The van der Waals surface area contributed by atoms with Crippen LogP contribution in [0.3, 0.4) is 0 Å². The zero-order valence-corrected chi connectivity index (χ0v) is 14.8. The third-order valence-electron chi connectivity index (χ3n) is 4.44. The topological polar surface area (TPSA) is 29.5 Å². The average molecular weight is 346 g/mol. The van der Waals surface area contributed by atoms with E-state index in [2.05, 4.69) is 6.92 Å². The minimum Gasteiger partial charge on any atom is -0.450 e. The Morgan fingerprint density at radius 3 is 2.35 bits per heavy atom. The fourth-order valence-electron chi connectivity index (χ4n) is 3.07. The second-order valence-electron chi connectivity index (χ2n) is 5.83. The molecule has 2 rings (SSSR count). The van der Waals surface area contributed by atoms with E-state index >= 15 is 0 Å². The van der Waals surface area contributed by atoms with E-state index in [0.717, 1.165) is 42.6 Å². The maximum Gasteiger partial charge on any atom is 0.410 e. The van der Waals surface area contributed by atoms with Crippen molar-refractivity contribution >= 4 is 24.2 Å². The molecule has 4 nitrogen and oxygen atoms in total. The van der Waals surface area contributed by atoms with E-state index in [9.17, 15) is 9.18 Å². The lowest BCUT2D eigenvalue weighted by molar-refractivity contribution is 0.0805. The van der Waals surface area contributed by atoms with Gasteiger partial charge < -0.3 is 4.74 Å². The molecule has 0 radical (unpaired) electrons. The first-order valence-electron chi connectivity index (χ1n) is 8.15. The standard InChI is InChI=1S/C17H26FN2O2.ClH/c1-3-5-12-20(16-8-6-15(18)7-9-16)13-10-19(11-14-20)17(21)22-4-2;/h6-9H,3-5,10-14H2,1-2H3;1H/q+1;. The zero-order chi connectivity index (χ0) is 16.0. The number of quaternary nitrogens is 1. The van der Waals surface area contributed by atoms with Gasteiger partial charge in [0.05, 0.1) is 26.2 Å². The number of hydrogen-bond acceptors (Lipinski definition) is 2. The van der Waals surface area contributed by atoms with Gasteiger partial charge in [0, 0.05) is 12.1 Å². The first kappa shape index (κ1) is 19.7. The monoisotopic (exact) mass is 345 g/mol. The molecule has 1 heterocycles. The van der Waals surface area contributed by atoms with Crippen LogP contribution in [0.25, 0.3) is 0 Å². The lowest BCUT2D eigenvalue weighted by atomic mass is 10.1. The van der Waals surface area contributed by atoms with E-state index in [0.29, 0.717) is 19.7 Å². The Labute approximate surface area is 144 Å². The second-order valence-corrected chi connectivity index (χ2v) is 5.83. The van der Waals surface area contributed by atoms with Crippen molar-refractivity contribution in [3.05, 3.63) is 30.1 Å². The predicted molar refractivity (Wildman–Crippen MR) is 93.5 cm³/mol. The number of carbonyl (C=O) groups is 1. The van der Waals surface area contributed by atoms with Crippen molar-refractivity contribution < 1.29 is 13.9 Å². The number of halogens is 2. The molecule has 0 unspecified atom stereocenters. The number of piperazine rings is 1. The highest BCUT2D eigenvalue weighted by atomic mass is 35.5. The van der Waals surface area contributed by atoms with E-state index in [-0.39, 0.29) is 24.3 Å². The molecule has 1 amide bonds. The second kappa shape index (κ2) is 9.08. The third kappa shape index (κ3) is 4.82. The van der Waals surface area contributed by atoms with Gasteiger partial charge in [-0.05, 0) is 25.5 Å². The summed E-state index contributed by atoms with van der Waals surface area (Å²) in [6, 6.07) is 6.81. The number of hydrogen-bond donors (Lipinski definition) is 0. The minimum absolute atomic E-state index is 0. The molecule has 1 saturated heterocycles. The van der Waals surface area contributed by atoms with Crippen molar-refractivity contribution in [2.24, 2.45) is 0 Å². The lowest BCUT2D eigenvalue weighted by Gasteiger charge is -2.44. The van der Waals surface area contributed by atoms with E-state index in [1.54, 1.807) is 4.90 Å². The number of carbonyl (C=O) groups excluding carboxylic acids is 1. The lowest BCUT2D eigenvalue weighted by Crippen LogP contribution is -2.62. The Morgan fingerprint density at radius 1 is 1.22 bits per heavy atom. The Hall–Kier alpha value is -1.33. The summed E-state index contributed by atoms with van der Waals surface area (Å²) >= 11 is 0. The largest absolute Gasteiger partial charge is 0.450 e. The summed E-state index contributed by atoms with van der Waals surface area (Å²) in [5.41, 5.74) is 1.14. The van der Waals surface area contributed by atoms with Gasteiger partial charge in [-0.1, -0.05) is 13.3 Å². The molecule has 0 spiro atoms. The van der Waals surface area contributed by atoms with Crippen LogP contribution in [0, 0.1) is 5.82 Å². The number of amides is 1. The van der Waals surface area contributed by atoms with Crippen LogP contribution < -0.4 is 4.48 Å². The predicted octanol–water partition coefficient (Wildman–Crippen LogP) is 3.83. The fourth-order valence-corrected chi connectivity index (χ4v) is 3.07. The van der Waals surface area contributed by atoms with E-state index in [1.807, 2.05) is 19.1 Å². The summed E-state index contributed by atoms with van der Waals surface area (Å²) in [6.45, 7) is 8.49.